The summed E-state index contributed by atoms with van der Waals surface area (Å²) in [7, 11) is 0. The van der Waals surface area contributed by atoms with Gasteiger partial charge in [0.15, 0.2) is 0 Å². The predicted octanol–water partition coefficient (Wildman–Crippen LogP) is 4.80. The SMILES string of the molecule is CCCCCc1ccc(/C=C/C(=O)Nc2cccc3ccc(-c4nn[nH]n4)nc23)cc1. The van der Waals surface area contributed by atoms with Crippen LogP contribution in [0.4, 0.5) is 5.69 Å². The molecule has 2 N–H and O–H groups in total. The topological polar surface area (TPSA) is 96.5 Å². The molecule has 0 aliphatic rings. The first kappa shape index (κ1) is 20.4. The van der Waals surface area contributed by atoms with Gasteiger partial charge in [-0.15, -0.1) is 10.2 Å². The van der Waals surface area contributed by atoms with Gasteiger partial charge >= 0.3 is 0 Å². The zero-order valence-electron chi connectivity index (χ0n) is 17.4. The lowest BCUT2D eigenvalue weighted by molar-refractivity contribution is -0.111. The van der Waals surface area contributed by atoms with Crippen molar-refractivity contribution in [3.8, 4) is 11.5 Å². The summed E-state index contributed by atoms with van der Waals surface area (Å²) in [5.74, 6) is 0.187. The van der Waals surface area contributed by atoms with E-state index in [0.717, 1.165) is 17.4 Å². The molecule has 0 saturated heterocycles. The molecule has 1 amide bonds. The number of nitrogens with zero attached hydrogens (tertiary/aromatic N) is 4. The molecule has 4 rings (SSSR count). The van der Waals surface area contributed by atoms with E-state index in [1.165, 1.54) is 30.9 Å². The van der Waals surface area contributed by atoms with Gasteiger partial charge in [-0.2, -0.15) is 5.21 Å². The number of hydrogen-bond acceptors (Lipinski definition) is 5. The van der Waals surface area contributed by atoms with Crippen LogP contribution in [0.2, 0.25) is 0 Å². The number of benzene rings is 2. The van der Waals surface area contributed by atoms with E-state index in [4.69, 9.17) is 0 Å². The smallest absolute Gasteiger partial charge is 0.248 e. The van der Waals surface area contributed by atoms with Crippen LogP contribution in [0, 0.1) is 0 Å². The number of tetrazole rings is 1. The average molecular weight is 412 g/mol. The summed E-state index contributed by atoms with van der Waals surface area (Å²) in [5.41, 5.74) is 4.20. The lowest BCUT2D eigenvalue weighted by Crippen LogP contribution is -2.08. The Hall–Kier alpha value is -3.87. The Balaban J connectivity index is 1.46. The number of aromatic nitrogens is 5. The highest BCUT2D eigenvalue weighted by Gasteiger charge is 2.09. The van der Waals surface area contributed by atoms with Gasteiger partial charge in [0.25, 0.3) is 0 Å². The van der Waals surface area contributed by atoms with Crippen LogP contribution in [-0.2, 0) is 11.2 Å². The molecule has 7 nitrogen and oxygen atoms in total. The highest BCUT2D eigenvalue weighted by molar-refractivity contribution is 6.06. The molecular formula is C24H24N6O. The number of aromatic amines is 1. The number of carbonyl (C=O) groups is 1. The highest BCUT2D eigenvalue weighted by atomic mass is 16.1. The molecule has 0 spiro atoms. The number of hydrogen-bond donors (Lipinski definition) is 2. The highest BCUT2D eigenvalue weighted by Crippen LogP contribution is 2.24. The number of H-pyrrole nitrogens is 1. The summed E-state index contributed by atoms with van der Waals surface area (Å²) >= 11 is 0. The van der Waals surface area contributed by atoms with E-state index in [1.54, 1.807) is 0 Å². The van der Waals surface area contributed by atoms with Crippen LogP contribution < -0.4 is 5.32 Å². The number of para-hydroxylation sites is 1. The molecule has 0 saturated carbocycles. The van der Waals surface area contributed by atoms with Crippen molar-refractivity contribution in [3.05, 3.63) is 71.8 Å². The number of aryl methyl sites for hydroxylation is 1. The van der Waals surface area contributed by atoms with Crippen LogP contribution in [0.15, 0.2) is 60.7 Å². The number of unbranched alkanes of at least 4 members (excludes halogenated alkanes) is 2. The maximum absolute atomic E-state index is 12.5. The summed E-state index contributed by atoms with van der Waals surface area (Å²) in [6.07, 6.45) is 8.13. The minimum Gasteiger partial charge on any atom is -0.321 e. The van der Waals surface area contributed by atoms with Crippen LogP contribution in [0.3, 0.4) is 0 Å². The van der Waals surface area contributed by atoms with Crippen LogP contribution in [0.5, 0.6) is 0 Å². The Morgan fingerprint density at radius 2 is 1.94 bits per heavy atom. The summed E-state index contributed by atoms with van der Waals surface area (Å²) in [4.78, 5) is 17.1. The van der Waals surface area contributed by atoms with Gasteiger partial charge in [0.05, 0.1) is 11.2 Å². The second kappa shape index (κ2) is 9.75. The van der Waals surface area contributed by atoms with Gasteiger partial charge in [0.1, 0.15) is 5.69 Å². The second-order valence-corrected chi connectivity index (χ2v) is 7.33. The molecule has 0 aliphatic carbocycles. The molecule has 2 heterocycles. The van der Waals surface area contributed by atoms with Gasteiger partial charge < -0.3 is 5.32 Å². The summed E-state index contributed by atoms with van der Waals surface area (Å²) in [6, 6.07) is 17.7. The largest absolute Gasteiger partial charge is 0.321 e. The Kier molecular flexibility index (Phi) is 6.42. The molecule has 0 radical (unpaired) electrons. The molecular weight excluding hydrogens is 388 g/mol. The average Bonchev–Trinajstić information content (AvgIpc) is 3.34. The monoisotopic (exact) mass is 412 g/mol. The zero-order valence-corrected chi connectivity index (χ0v) is 17.4. The summed E-state index contributed by atoms with van der Waals surface area (Å²) < 4.78 is 0. The third kappa shape index (κ3) is 5.19. The van der Waals surface area contributed by atoms with Crippen molar-refractivity contribution in [2.75, 3.05) is 5.32 Å². The molecule has 0 atom stereocenters. The van der Waals surface area contributed by atoms with Crippen molar-refractivity contribution >= 4 is 28.6 Å². The number of pyridine rings is 1. The third-order valence-corrected chi connectivity index (χ3v) is 5.03. The van der Waals surface area contributed by atoms with Gasteiger partial charge in [-0.25, -0.2) is 4.98 Å². The first-order chi connectivity index (χ1) is 15.2. The lowest BCUT2D eigenvalue weighted by atomic mass is 10.1. The minimum atomic E-state index is -0.216. The van der Waals surface area contributed by atoms with Gasteiger partial charge in [-0.1, -0.05) is 62.2 Å². The Labute approximate surface area is 180 Å². The molecule has 4 aromatic rings. The predicted molar refractivity (Wildman–Crippen MR) is 122 cm³/mol. The number of amides is 1. The summed E-state index contributed by atoms with van der Waals surface area (Å²) in [6.45, 7) is 2.21. The molecule has 2 aromatic heterocycles. The van der Waals surface area contributed by atoms with Gasteiger partial charge in [-0.3, -0.25) is 4.79 Å². The third-order valence-electron chi connectivity index (χ3n) is 5.03. The second-order valence-electron chi connectivity index (χ2n) is 7.33. The minimum absolute atomic E-state index is 0.216. The van der Waals surface area contributed by atoms with E-state index in [1.807, 2.05) is 48.5 Å². The number of fused-ring (bicyclic) bond motifs is 1. The van der Waals surface area contributed by atoms with E-state index >= 15 is 0 Å². The first-order valence-electron chi connectivity index (χ1n) is 10.4. The molecule has 0 aliphatic heterocycles. The Bertz CT molecular complexity index is 1180. The van der Waals surface area contributed by atoms with E-state index in [2.05, 4.69) is 50.0 Å². The fourth-order valence-corrected chi connectivity index (χ4v) is 3.36. The van der Waals surface area contributed by atoms with E-state index < -0.39 is 0 Å². The zero-order chi connectivity index (χ0) is 21.5. The van der Waals surface area contributed by atoms with E-state index in [0.29, 0.717) is 22.7 Å². The standard InChI is InChI=1S/C24H24N6O/c1-2-3-4-6-17-9-11-18(12-10-17)13-16-22(31)25-20-8-5-7-19-14-15-21(26-23(19)20)24-27-29-30-28-24/h5,7-16H,2-4,6H2,1H3,(H,25,31)(H,27,28,29,30)/b16-13+. The lowest BCUT2D eigenvalue weighted by Gasteiger charge is -2.07. The fourth-order valence-electron chi connectivity index (χ4n) is 3.36. The molecule has 156 valence electrons. The van der Waals surface area contributed by atoms with Crippen molar-refractivity contribution in [1.29, 1.82) is 0 Å². The van der Waals surface area contributed by atoms with Crippen LogP contribution >= 0.6 is 0 Å². The maximum atomic E-state index is 12.5. The number of nitrogens with one attached hydrogen (secondary N) is 2. The van der Waals surface area contributed by atoms with Crippen molar-refractivity contribution in [1.82, 2.24) is 25.6 Å². The fraction of sp³-hybridized carbons (Fsp3) is 0.208. The number of anilines is 1. The quantitative estimate of drug-likeness (QED) is 0.320. The molecule has 31 heavy (non-hydrogen) atoms. The van der Waals surface area contributed by atoms with E-state index in [-0.39, 0.29) is 5.91 Å². The maximum Gasteiger partial charge on any atom is 0.248 e. The normalized spacial score (nSPS) is 11.3. The van der Waals surface area contributed by atoms with Crippen molar-refractivity contribution in [2.45, 2.75) is 32.6 Å². The van der Waals surface area contributed by atoms with Crippen LogP contribution in [-0.4, -0.2) is 31.5 Å². The van der Waals surface area contributed by atoms with Gasteiger partial charge in [0, 0.05) is 11.5 Å². The molecule has 0 unspecified atom stereocenters. The number of carbonyl (C=O) groups excluding carboxylic acids is 1. The van der Waals surface area contributed by atoms with Crippen LogP contribution in [0.25, 0.3) is 28.5 Å². The number of rotatable bonds is 8. The Morgan fingerprint density at radius 1 is 1.06 bits per heavy atom. The molecule has 0 fully saturated rings. The van der Waals surface area contributed by atoms with Gasteiger partial charge in [0.2, 0.25) is 11.7 Å². The first-order valence-corrected chi connectivity index (χ1v) is 10.4. The molecule has 2 aromatic carbocycles. The molecule has 0 bridgehead atoms. The molecule has 7 heteroatoms. The summed E-state index contributed by atoms with van der Waals surface area (Å²) in [5, 5.41) is 17.8. The van der Waals surface area contributed by atoms with Crippen molar-refractivity contribution < 1.29 is 4.79 Å². The van der Waals surface area contributed by atoms with E-state index in [9.17, 15) is 4.79 Å². The van der Waals surface area contributed by atoms with Crippen LogP contribution in [0.1, 0.15) is 37.3 Å². The Morgan fingerprint density at radius 3 is 2.71 bits per heavy atom. The van der Waals surface area contributed by atoms with Gasteiger partial charge in [-0.05, 0) is 47.4 Å². The van der Waals surface area contributed by atoms with Crippen molar-refractivity contribution in [3.63, 3.8) is 0 Å². The van der Waals surface area contributed by atoms with Crippen molar-refractivity contribution in [2.24, 2.45) is 0 Å².